The van der Waals surface area contributed by atoms with Gasteiger partial charge in [0, 0.05) is 26.2 Å². The average Bonchev–Trinajstić information content (AvgIpc) is 3.10. The molecule has 4 rings (SSSR count). The van der Waals surface area contributed by atoms with E-state index in [9.17, 15) is 9.59 Å². The minimum absolute atomic E-state index is 0.206. The van der Waals surface area contributed by atoms with Crippen LogP contribution in [0, 0.1) is 5.92 Å². The van der Waals surface area contributed by atoms with Crippen LogP contribution < -0.4 is 9.80 Å². The minimum Gasteiger partial charge on any atom is -0.336 e. The minimum atomic E-state index is -0.767. The largest absolute Gasteiger partial charge is 0.336 e. The Balaban J connectivity index is 1.67. The van der Waals surface area contributed by atoms with Crippen LogP contribution in [0.2, 0.25) is 0 Å². The number of carbonyl (C=O) groups is 2. The predicted molar refractivity (Wildman–Crippen MR) is 108 cm³/mol. The summed E-state index contributed by atoms with van der Waals surface area (Å²) in [6.07, 6.45) is 2.05. The normalized spacial score (nSPS) is 16.0. The molecule has 1 aliphatic heterocycles. The van der Waals surface area contributed by atoms with Crippen molar-refractivity contribution in [2.24, 2.45) is 13.0 Å². The zero-order valence-electron chi connectivity index (χ0n) is 15.9. The summed E-state index contributed by atoms with van der Waals surface area (Å²) in [6, 6.07) is 19.1. The number of hydrogen-bond acceptors (Lipinski definition) is 3. The van der Waals surface area contributed by atoms with Crippen molar-refractivity contribution in [3.05, 3.63) is 78.2 Å². The number of fused-ring (bicyclic) bond motifs is 1. The molecule has 1 aliphatic rings. The van der Waals surface area contributed by atoms with Gasteiger partial charge in [0.05, 0.1) is 18.6 Å². The maximum atomic E-state index is 13.3. The van der Waals surface area contributed by atoms with E-state index in [4.69, 9.17) is 0 Å². The van der Waals surface area contributed by atoms with Gasteiger partial charge >= 0.3 is 0 Å². The second-order valence-electron chi connectivity index (χ2n) is 7.03. The topological polar surface area (TPSA) is 58.4 Å². The van der Waals surface area contributed by atoms with Crippen LogP contribution in [-0.2, 0) is 29.6 Å². The number of aryl methyl sites for hydroxylation is 1. The van der Waals surface area contributed by atoms with E-state index in [1.807, 2.05) is 72.3 Å². The number of hydrogen-bond donors (Lipinski definition) is 0. The average molecular weight is 374 g/mol. The summed E-state index contributed by atoms with van der Waals surface area (Å²) in [5, 5.41) is 0. The van der Waals surface area contributed by atoms with Crippen molar-refractivity contribution in [2.45, 2.75) is 13.0 Å². The molecular formula is C22H22N4O2. The van der Waals surface area contributed by atoms with Crippen LogP contribution in [0.3, 0.4) is 0 Å². The highest BCUT2D eigenvalue weighted by atomic mass is 16.2. The van der Waals surface area contributed by atoms with Crippen molar-refractivity contribution in [2.75, 3.05) is 16.8 Å². The predicted octanol–water partition coefficient (Wildman–Crippen LogP) is 2.79. The summed E-state index contributed by atoms with van der Waals surface area (Å²) in [5.74, 6) is -0.538. The van der Waals surface area contributed by atoms with Crippen molar-refractivity contribution in [1.82, 2.24) is 9.55 Å². The summed E-state index contributed by atoms with van der Waals surface area (Å²) in [4.78, 5) is 34.1. The number of aromatic nitrogens is 2. The quantitative estimate of drug-likeness (QED) is 0.660. The summed E-state index contributed by atoms with van der Waals surface area (Å²) in [5.41, 5.74) is 2.66. The van der Waals surface area contributed by atoms with Crippen molar-refractivity contribution in [1.29, 1.82) is 0 Å². The SMILES string of the molecule is CN(C(=O)C1Cc2c(ncn2C)N(Cc2ccccc2)C1=O)c1ccccc1. The summed E-state index contributed by atoms with van der Waals surface area (Å²) in [7, 11) is 3.61. The molecule has 0 N–H and O–H groups in total. The summed E-state index contributed by atoms with van der Waals surface area (Å²) < 4.78 is 1.89. The van der Waals surface area contributed by atoms with Crippen LogP contribution in [0.4, 0.5) is 11.5 Å². The van der Waals surface area contributed by atoms with Crippen molar-refractivity contribution in [3.8, 4) is 0 Å². The van der Waals surface area contributed by atoms with Crippen LogP contribution in [0.1, 0.15) is 11.3 Å². The second-order valence-corrected chi connectivity index (χ2v) is 7.03. The smallest absolute Gasteiger partial charge is 0.241 e. The van der Waals surface area contributed by atoms with Gasteiger partial charge < -0.3 is 9.47 Å². The number of imidazole rings is 1. The first-order chi connectivity index (χ1) is 13.6. The van der Waals surface area contributed by atoms with E-state index in [1.54, 1.807) is 23.2 Å². The van der Waals surface area contributed by atoms with Gasteiger partial charge in [-0.25, -0.2) is 4.98 Å². The molecule has 0 fully saturated rings. The maximum Gasteiger partial charge on any atom is 0.241 e. The molecule has 0 saturated heterocycles. The lowest BCUT2D eigenvalue weighted by Gasteiger charge is -2.33. The molecule has 0 saturated carbocycles. The first-order valence-electron chi connectivity index (χ1n) is 9.24. The zero-order valence-corrected chi connectivity index (χ0v) is 15.9. The maximum absolute atomic E-state index is 13.3. The number of benzene rings is 2. The zero-order chi connectivity index (χ0) is 19.7. The Kier molecular flexibility index (Phi) is 4.69. The van der Waals surface area contributed by atoms with Gasteiger partial charge in [-0.15, -0.1) is 0 Å². The molecular weight excluding hydrogens is 352 g/mol. The van der Waals surface area contributed by atoms with Gasteiger partial charge in [-0.3, -0.25) is 14.5 Å². The van der Waals surface area contributed by atoms with Gasteiger partial charge in [0.25, 0.3) is 0 Å². The third-order valence-corrected chi connectivity index (χ3v) is 5.21. The molecule has 0 radical (unpaired) electrons. The Labute approximate surface area is 164 Å². The number of para-hydroxylation sites is 1. The molecule has 1 atom stereocenters. The molecule has 2 heterocycles. The Bertz CT molecular complexity index is 998. The first kappa shape index (κ1) is 18.0. The van der Waals surface area contributed by atoms with Crippen LogP contribution in [0.25, 0.3) is 0 Å². The van der Waals surface area contributed by atoms with E-state index in [1.165, 1.54) is 0 Å². The molecule has 0 spiro atoms. The van der Waals surface area contributed by atoms with Crippen molar-refractivity contribution in [3.63, 3.8) is 0 Å². The first-order valence-corrected chi connectivity index (χ1v) is 9.24. The fourth-order valence-electron chi connectivity index (χ4n) is 3.60. The molecule has 6 nitrogen and oxygen atoms in total. The van der Waals surface area contributed by atoms with E-state index in [0.29, 0.717) is 18.8 Å². The van der Waals surface area contributed by atoms with Gasteiger partial charge in [-0.1, -0.05) is 48.5 Å². The highest BCUT2D eigenvalue weighted by molar-refractivity contribution is 6.13. The van der Waals surface area contributed by atoms with Crippen LogP contribution in [-0.4, -0.2) is 28.4 Å². The van der Waals surface area contributed by atoms with Gasteiger partial charge in [0.2, 0.25) is 11.8 Å². The van der Waals surface area contributed by atoms with Crippen molar-refractivity contribution >= 4 is 23.3 Å². The fourth-order valence-corrected chi connectivity index (χ4v) is 3.60. The number of carbonyl (C=O) groups excluding carboxylic acids is 2. The highest BCUT2D eigenvalue weighted by Crippen LogP contribution is 2.32. The monoisotopic (exact) mass is 374 g/mol. The third-order valence-electron chi connectivity index (χ3n) is 5.21. The molecule has 2 amide bonds. The number of amides is 2. The Morgan fingerprint density at radius 3 is 2.43 bits per heavy atom. The van der Waals surface area contributed by atoms with E-state index in [0.717, 1.165) is 16.9 Å². The van der Waals surface area contributed by atoms with Crippen LogP contribution in [0.15, 0.2) is 67.0 Å². The number of anilines is 2. The van der Waals surface area contributed by atoms with E-state index >= 15 is 0 Å². The van der Waals surface area contributed by atoms with Gasteiger partial charge in [0.15, 0.2) is 5.82 Å². The molecule has 0 bridgehead atoms. The van der Waals surface area contributed by atoms with Crippen LogP contribution in [0.5, 0.6) is 0 Å². The molecule has 0 aliphatic carbocycles. The lowest BCUT2D eigenvalue weighted by molar-refractivity contribution is -0.132. The van der Waals surface area contributed by atoms with Crippen LogP contribution >= 0.6 is 0 Å². The number of nitrogens with zero attached hydrogens (tertiary/aromatic N) is 4. The fraction of sp³-hybridized carbons (Fsp3) is 0.227. The highest BCUT2D eigenvalue weighted by Gasteiger charge is 2.41. The third kappa shape index (κ3) is 3.17. The lowest BCUT2D eigenvalue weighted by atomic mass is 9.95. The molecule has 1 aromatic heterocycles. The lowest BCUT2D eigenvalue weighted by Crippen LogP contribution is -2.48. The Morgan fingerprint density at radius 2 is 1.75 bits per heavy atom. The molecule has 28 heavy (non-hydrogen) atoms. The number of rotatable bonds is 4. The Morgan fingerprint density at radius 1 is 1.11 bits per heavy atom. The standard InChI is InChI=1S/C22H22N4O2/c1-24-15-23-20-19(24)13-18(21(27)25(2)17-11-7-4-8-12-17)22(28)26(20)14-16-9-5-3-6-10-16/h3-12,15,18H,13-14H2,1-2H3. The second kappa shape index (κ2) is 7.31. The van der Waals surface area contributed by atoms with Gasteiger partial charge in [0.1, 0.15) is 5.92 Å². The summed E-state index contributed by atoms with van der Waals surface area (Å²) >= 11 is 0. The molecule has 3 aromatic rings. The molecule has 2 aromatic carbocycles. The molecule has 6 heteroatoms. The molecule has 1 unspecified atom stereocenters. The van der Waals surface area contributed by atoms with Gasteiger partial charge in [-0.2, -0.15) is 0 Å². The van der Waals surface area contributed by atoms with Gasteiger partial charge in [-0.05, 0) is 17.7 Å². The Hall–Kier alpha value is -3.41. The summed E-state index contributed by atoms with van der Waals surface area (Å²) in [6.45, 7) is 0.391. The van der Waals surface area contributed by atoms with Crippen molar-refractivity contribution < 1.29 is 9.59 Å². The van der Waals surface area contributed by atoms with E-state index in [2.05, 4.69) is 4.98 Å². The van der Waals surface area contributed by atoms with E-state index in [-0.39, 0.29) is 11.8 Å². The molecule has 142 valence electrons. The van der Waals surface area contributed by atoms with E-state index < -0.39 is 5.92 Å².